The second-order valence-corrected chi connectivity index (χ2v) is 8.28. The predicted molar refractivity (Wildman–Crippen MR) is 115 cm³/mol. The lowest BCUT2D eigenvalue weighted by Gasteiger charge is -2.36. The summed E-state index contributed by atoms with van der Waals surface area (Å²) in [5.74, 6) is -3.43. The van der Waals surface area contributed by atoms with Gasteiger partial charge in [-0.05, 0) is 54.0 Å². The van der Waals surface area contributed by atoms with Gasteiger partial charge in [0.1, 0.15) is 5.92 Å². The first-order valence-electron chi connectivity index (χ1n) is 10.7. The van der Waals surface area contributed by atoms with Crippen molar-refractivity contribution in [2.75, 3.05) is 12.0 Å². The Balaban J connectivity index is 2.41. The number of hydrogen-bond acceptors (Lipinski definition) is 3. The lowest BCUT2D eigenvalue weighted by Crippen LogP contribution is -2.41. The van der Waals surface area contributed by atoms with Crippen molar-refractivity contribution in [2.24, 2.45) is 0 Å². The first-order valence-corrected chi connectivity index (χ1v) is 10.7. The highest BCUT2D eigenvalue weighted by Gasteiger charge is 2.42. The highest BCUT2D eigenvalue weighted by atomic mass is 19.4. The van der Waals surface area contributed by atoms with Crippen molar-refractivity contribution in [1.82, 2.24) is 0 Å². The first kappa shape index (κ1) is 28.9. The molecule has 14 heteroatoms. The van der Waals surface area contributed by atoms with Gasteiger partial charge in [-0.25, -0.2) is 4.79 Å². The molecule has 1 unspecified atom stereocenters. The van der Waals surface area contributed by atoms with Gasteiger partial charge in [-0.1, -0.05) is 13.0 Å². The van der Waals surface area contributed by atoms with Crippen molar-refractivity contribution in [3.05, 3.63) is 70.3 Å². The molecule has 3 rings (SSSR count). The van der Waals surface area contributed by atoms with Gasteiger partial charge in [0.2, 0.25) is 0 Å². The summed E-state index contributed by atoms with van der Waals surface area (Å²) in [5.41, 5.74) is -6.94. The number of carbonyl (C=O) groups is 2. The number of esters is 1. The first-order chi connectivity index (χ1) is 17.4. The summed E-state index contributed by atoms with van der Waals surface area (Å²) in [7, 11) is 0.797. The van der Waals surface area contributed by atoms with Crippen molar-refractivity contribution < 1.29 is 58.9 Å². The summed E-state index contributed by atoms with van der Waals surface area (Å²) in [6.07, 6.45) is -16.0. The number of carboxylic acid groups (broad SMARTS) is 1. The Morgan fingerprint density at radius 1 is 0.895 bits per heavy atom. The van der Waals surface area contributed by atoms with E-state index in [1.807, 2.05) is 0 Å². The molecule has 0 aromatic heterocycles. The third-order valence-electron chi connectivity index (χ3n) is 5.91. The minimum atomic E-state index is -5.27. The Morgan fingerprint density at radius 3 is 1.84 bits per heavy atom. The molecule has 0 fully saturated rings. The van der Waals surface area contributed by atoms with E-state index in [4.69, 9.17) is 0 Å². The van der Waals surface area contributed by atoms with Crippen LogP contribution in [0, 0.1) is 0 Å². The zero-order chi connectivity index (χ0) is 28.8. The second kappa shape index (κ2) is 9.87. The third kappa shape index (κ3) is 5.58. The molecular weight excluding hydrogens is 537 g/mol. The van der Waals surface area contributed by atoms with Crippen molar-refractivity contribution in [1.29, 1.82) is 0 Å². The monoisotopic (exact) mass is 555 g/mol. The van der Waals surface area contributed by atoms with Gasteiger partial charge in [0.05, 0.1) is 35.5 Å². The zero-order valence-corrected chi connectivity index (χ0v) is 19.4. The number of alkyl halides is 9. The number of methoxy groups -OCH3 is 1. The van der Waals surface area contributed by atoms with Crippen molar-refractivity contribution >= 4 is 23.3 Å². The number of nitrogens with zero attached hydrogens (tertiary/aromatic N) is 1. The quantitative estimate of drug-likeness (QED) is 0.316. The summed E-state index contributed by atoms with van der Waals surface area (Å²) in [6, 6.07) is 1.13. The van der Waals surface area contributed by atoms with Crippen molar-refractivity contribution in [3.8, 4) is 0 Å². The molecule has 0 saturated heterocycles. The largest absolute Gasteiger partial charge is 0.468 e. The molecular formula is C24H18F9NO4. The lowest BCUT2D eigenvalue weighted by molar-refractivity contribution is -0.144. The normalized spacial score (nSPS) is 17.0. The van der Waals surface area contributed by atoms with Gasteiger partial charge >= 0.3 is 30.6 Å². The topological polar surface area (TPSA) is 66.8 Å². The van der Waals surface area contributed by atoms with Crippen LogP contribution in [-0.4, -0.2) is 30.3 Å². The molecule has 0 aliphatic carbocycles. The Hall–Kier alpha value is -3.71. The Morgan fingerprint density at radius 2 is 1.42 bits per heavy atom. The Labute approximate surface area is 209 Å². The molecule has 0 bridgehead atoms. The number of amides is 1. The molecule has 5 nitrogen and oxygen atoms in total. The summed E-state index contributed by atoms with van der Waals surface area (Å²) in [4.78, 5) is 25.5. The minimum Gasteiger partial charge on any atom is -0.468 e. The zero-order valence-electron chi connectivity index (χ0n) is 19.4. The van der Waals surface area contributed by atoms with Crippen molar-refractivity contribution in [3.63, 3.8) is 0 Å². The number of ether oxygens (including phenoxy) is 1. The van der Waals surface area contributed by atoms with Gasteiger partial charge < -0.3 is 9.84 Å². The van der Waals surface area contributed by atoms with Crippen LogP contribution in [0.25, 0.3) is 5.57 Å². The fourth-order valence-corrected chi connectivity index (χ4v) is 4.21. The molecule has 1 aliphatic heterocycles. The fourth-order valence-electron chi connectivity index (χ4n) is 4.21. The van der Waals surface area contributed by atoms with E-state index in [0.29, 0.717) is 17.0 Å². The molecule has 0 saturated carbocycles. The molecule has 1 aliphatic rings. The molecule has 2 aromatic carbocycles. The summed E-state index contributed by atoms with van der Waals surface area (Å²) in [6.45, 7) is 1.49. The molecule has 206 valence electrons. The van der Waals surface area contributed by atoms with Crippen molar-refractivity contribution in [2.45, 2.75) is 43.8 Å². The minimum absolute atomic E-state index is 0.000542. The molecule has 1 amide bonds. The smallest absolute Gasteiger partial charge is 0.416 e. The highest BCUT2D eigenvalue weighted by Crippen LogP contribution is 2.47. The van der Waals surface area contributed by atoms with E-state index in [2.05, 4.69) is 4.74 Å². The number of rotatable bonds is 4. The molecule has 1 heterocycles. The Bertz CT molecular complexity index is 1250. The highest BCUT2D eigenvalue weighted by molar-refractivity contribution is 6.02. The fraction of sp³-hybridized carbons (Fsp3) is 0.333. The maximum Gasteiger partial charge on any atom is 0.416 e. The predicted octanol–water partition coefficient (Wildman–Crippen LogP) is 7.36. The molecule has 2 aromatic rings. The van der Waals surface area contributed by atoms with E-state index in [-0.39, 0.29) is 30.3 Å². The maximum atomic E-state index is 13.5. The second-order valence-electron chi connectivity index (χ2n) is 8.28. The van der Waals surface area contributed by atoms with Crippen LogP contribution in [0.3, 0.4) is 0 Å². The number of hydrogen-bond donors (Lipinski definition) is 1. The number of carbonyl (C=O) groups excluding carboxylic acids is 1. The van der Waals surface area contributed by atoms with Gasteiger partial charge in [-0.2, -0.15) is 39.5 Å². The molecule has 2 atom stereocenters. The molecule has 38 heavy (non-hydrogen) atoms. The maximum absolute atomic E-state index is 13.5. The van der Waals surface area contributed by atoms with E-state index < -0.39 is 75.9 Å². The SMILES string of the molecule is CC[C@H]1C=C(C(C(=O)OC)c2cc(C(F)(F)F)cc(C(F)(F)F)c2)c2cc(C(F)(F)F)ccc2N1C(=O)O. The van der Waals surface area contributed by atoms with Crippen LogP contribution in [0.1, 0.15) is 47.1 Å². The van der Waals surface area contributed by atoms with Gasteiger partial charge in [-0.3, -0.25) is 9.69 Å². The average molecular weight is 555 g/mol. The number of halogens is 9. The van der Waals surface area contributed by atoms with Crippen LogP contribution in [0.5, 0.6) is 0 Å². The molecule has 0 radical (unpaired) electrons. The lowest BCUT2D eigenvalue weighted by atomic mass is 9.80. The van der Waals surface area contributed by atoms with Crippen LogP contribution in [0.2, 0.25) is 0 Å². The molecule has 1 N–H and O–H groups in total. The summed E-state index contributed by atoms with van der Waals surface area (Å²) in [5, 5.41) is 9.70. The van der Waals surface area contributed by atoms with Crippen LogP contribution in [0.15, 0.2) is 42.5 Å². The summed E-state index contributed by atoms with van der Waals surface area (Å²) >= 11 is 0. The van der Waals surface area contributed by atoms with Crippen LogP contribution >= 0.6 is 0 Å². The Kier molecular flexibility index (Phi) is 7.50. The van der Waals surface area contributed by atoms with E-state index in [9.17, 15) is 54.2 Å². The van der Waals surface area contributed by atoms with E-state index >= 15 is 0 Å². The van der Waals surface area contributed by atoms with Gasteiger partial charge in [0.15, 0.2) is 0 Å². The van der Waals surface area contributed by atoms with E-state index in [1.165, 1.54) is 6.92 Å². The van der Waals surface area contributed by atoms with Crippen LogP contribution in [0.4, 0.5) is 50.0 Å². The number of fused-ring (bicyclic) bond motifs is 1. The van der Waals surface area contributed by atoms with Crippen LogP contribution < -0.4 is 4.90 Å². The average Bonchev–Trinajstić information content (AvgIpc) is 2.81. The van der Waals surface area contributed by atoms with Gasteiger partial charge in [-0.15, -0.1) is 0 Å². The van der Waals surface area contributed by atoms with Crippen LogP contribution in [-0.2, 0) is 28.1 Å². The van der Waals surface area contributed by atoms with Gasteiger partial charge in [0.25, 0.3) is 0 Å². The number of benzene rings is 2. The van der Waals surface area contributed by atoms with E-state index in [1.54, 1.807) is 0 Å². The summed E-state index contributed by atoms with van der Waals surface area (Å²) < 4.78 is 126. The number of anilines is 1. The van der Waals surface area contributed by atoms with E-state index in [0.717, 1.165) is 19.3 Å². The third-order valence-corrected chi connectivity index (χ3v) is 5.91. The molecule has 0 spiro atoms. The van der Waals surface area contributed by atoms with Gasteiger partial charge in [0, 0.05) is 5.56 Å². The standard InChI is InChI=1S/C24H18F9NO4/c1-3-15-10-17(16-9-12(22(25,26)27)4-5-18(16)34(15)21(36)37)19(20(35)38-2)11-6-13(23(28,29)30)8-14(7-11)24(31,32)33/h4-10,15,19H,3H2,1-2H3,(H,36,37)/t15-,19?/m0/s1.